The smallest absolute Gasteiger partial charge is 0.329 e. The zero-order chi connectivity index (χ0) is 12.3. The average Bonchev–Trinajstić information content (AvgIpc) is 2.29. The van der Waals surface area contributed by atoms with Gasteiger partial charge in [0.1, 0.15) is 0 Å². The van der Waals surface area contributed by atoms with Crippen molar-refractivity contribution in [3.63, 3.8) is 0 Å². The minimum atomic E-state index is -4.00. The Kier molecular flexibility index (Phi) is 3.97. The predicted molar refractivity (Wildman–Crippen MR) is 61.5 cm³/mol. The molecule has 2 rings (SSSR count). The van der Waals surface area contributed by atoms with Crippen molar-refractivity contribution in [1.29, 1.82) is 0 Å². The molecule has 1 heterocycles. The largest absolute Gasteiger partial charge is 0.348 e. The summed E-state index contributed by atoms with van der Waals surface area (Å²) in [5.41, 5.74) is 1.48. The van der Waals surface area contributed by atoms with Crippen molar-refractivity contribution in [3.05, 3.63) is 35.4 Å². The van der Waals surface area contributed by atoms with Gasteiger partial charge < -0.3 is 19.3 Å². The van der Waals surface area contributed by atoms with Gasteiger partial charge in [-0.25, -0.2) is 0 Å². The van der Waals surface area contributed by atoms with E-state index in [4.69, 9.17) is 19.3 Å². The van der Waals surface area contributed by atoms with E-state index in [0.29, 0.717) is 18.8 Å². The first-order valence-electron chi connectivity index (χ1n) is 5.41. The van der Waals surface area contributed by atoms with Gasteiger partial charge in [-0.15, -0.1) is 0 Å². The second-order valence-corrected chi connectivity index (χ2v) is 5.64. The molecule has 0 bridgehead atoms. The van der Waals surface area contributed by atoms with Crippen LogP contribution in [0.2, 0.25) is 0 Å². The van der Waals surface area contributed by atoms with Gasteiger partial charge in [-0.05, 0) is 12.0 Å². The lowest BCUT2D eigenvalue weighted by molar-refractivity contribution is -0.183. The first kappa shape index (κ1) is 12.7. The van der Waals surface area contributed by atoms with Crippen molar-refractivity contribution in [2.45, 2.75) is 18.9 Å². The van der Waals surface area contributed by atoms with Crippen LogP contribution in [-0.4, -0.2) is 23.0 Å². The molecule has 0 spiro atoms. The fourth-order valence-electron chi connectivity index (χ4n) is 1.70. The molecule has 1 aliphatic heterocycles. The second-order valence-electron chi connectivity index (χ2n) is 3.99. The first-order chi connectivity index (χ1) is 8.04. The van der Waals surface area contributed by atoms with Crippen LogP contribution in [0.5, 0.6) is 0 Å². The summed E-state index contributed by atoms with van der Waals surface area (Å²) < 4.78 is 21.7. The average molecular weight is 258 g/mol. The molecule has 17 heavy (non-hydrogen) atoms. The molecular formula is C11H15O5P. The van der Waals surface area contributed by atoms with E-state index < -0.39 is 7.60 Å². The number of hydrogen-bond acceptors (Lipinski definition) is 3. The van der Waals surface area contributed by atoms with Gasteiger partial charge in [0.05, 0.1) is 19.4 Å². The molecule has 0 amide bonds. The third kappa shape index (κ3) is 3.91. The fraction of sp³-hybridized carbons (Fsp3) is 0.455. The van der Waals surface area contributed by atoms with Gasteiger partial charge in [-0.1, -0.05) is 24.3 Å². The normalized spacial score (nSPS) is 18.2. The van der Waals surface area contributed by atoms with Crippen LogP contribution in [0.3, 0.4) is 0 Å². The topological polar surface area (TPSA) is 76.0 Å². The fourth-order valence-corrected chi connectivity index (χ4v) is 2.38. The Labute approximate surface area is 99.5 Å². The summed E-state index contributed by atoms with van der Waals surface area (Å²) >= 11 is 0. The highest BCUT2D eigenvalue weighted by Crippen LogP contribution is 2.39. The molecule has 0 radical (unpaired) electrons. The molecule has 1 aromatic carbocycles. The van der Waals surface area contributed by atoms with Crippen molar-refractivity contribution in [1.82, 2.24) is 0 Å². The maximum Gasteiger partial charge on any atom is 0.329 e. The monoisotopic (exact) mass is 258 g/mol. The number of benzene rings is 1. The summed E-state index contributed by atoms with van der Waals surface area (Å²) in [7, 11) is -4.00. The maximum absolute atomic E-state index is 10.8. The van der Waals surface area contributed by atoms with Crippen LogP contribution in [0, 0.1) is 0 Å². The minimum absolute atomic E-state index is 0.236. The molecule has 1 saturated heterocycles. The van der Waals surface area contributed by atoms with Crippen molar-refractivity contribution < 1.29 is 23.8 Å². The van der Waals surface area contributed by atoms with E-state index >= 15 is 0 Å². The highest BCUT2D eigenvalue weighted by Gasteiger charge is 2.17. The minimum Gasteiger partial charge on any atom is -0.348 e. The van der Waals surface area contributed by atoms with Crippen LogP contribution in [0.15, 0.2) is 24.3 Å². The Bertz CT molecular complexity index is 404. The number of hydrogen-bond donors (Lipinski definition) is 2. The first-order valence-corrected chi connectivity index (χ1v) is 7.21. The molecule has 0 atom stereocenters. The van der Waals surface area contributed by atoms with Crippen molar-refractivity contribution in [3.8, 4) is 0 Å². The maximum atomic E-state index is 10.8. The van der Waals surface area contributed by atoms with Gasteiger partial charge in [0.25, 0.3) is 0 Å². The number of ether oxygens (including phenoxy) is 2. The highest BCUT2D eigenvalue weighted by atomic mass is 31.2. The summed E-state index contributed by atoms with van der Waals surface area (Å²) in [4.78, 5) is 17.7. The molecule has 94 valence electrons. The van der Waals surface area contributed by atoms with Crippen LogP contribution < -0.4 is 0 Å². The molecule has 2 N–H and O–H groups in total. The van der Waals surface area contributed by atoms with E-state index in [1.165, 1.54) is 0 Å². The van der Waals surface area contributed by atoms with E-state index in [2.05, 4.69) is 0 Å². The molecular weight excluding hydrogens is 243 g/mol. The SMILES string of the molecule is O=P(O)(O)Cc1ccc(C2OCCCO2)cc1. The molecule has 0 aliphatic carbocycles. The second kappa shape index (κ2) is 5.29. The van der Waals surface area contributed by atoms with Gasteiger partial charge in [-0.2, -0.15) is 0 Å². The summed E-state index contributed by atoms with van der Waals surface area (Å²) in [6.07, 6.45) is 0.305. The van der Waals surface area contributed by atoms with E-state index in [0.717, 1.165) is 12.0 Å². The van der Waals surface area contributed by atoms with Crippen molar-refractivity contribution >= 4 is 7.60 Å². The summed E-state index contributed by atoms with van der Waals surface area (Å²) in [6.45, 7) is 1.35. The van der Waals surface area contributed by atoms with Crippen LogP contribution in [-0.2, 0) is 20.2 Å². The standard InChI is InChI=1S/C11H15O5P/c12-17(13,14)8-9-2-4-10(5-3-9)11-15-6-1-7-16-11/h2-5,11H,1,6-8H2,(H2,12,13,14). The van der Waals surface area contributed by atoms with Gasteiger partial charge in [0, 0.05) is 5.56 Å². The Morgan fingerprint density at radius 2 is 1.76 bits per heavy atom. The highest BCUT2D eigenvalue weighted by molar-refractivity contribution is 7.50. The predicted octanol–water partition coefficient (Wildman–Crippen LogP) is 1.80. The van der Waals surface area contributed by atoms with Crippen LogP contribution in [0.1, 0.15) is 23.8 Å². The molecule has 1 fully saturated rings. The zero-order valence-corrected chi connectivity index (χ0v) is 10.2. The Hall–Kier alpha value is -0.710. The van der Waals surface area contributed by atoms with Gasteiger partial charge in [-0.3, -0.25) is 4.57 Å². The molecule has 0 unspecified atom stereocenters. The van der Waals surface area contributed by atoms with Crippen LogP contribution in [0.25, 0.3) is 0 Å². The summed E-state index contributed by atoms with van der Waals surface area (Å²) in [5, 5.41) is 0. The summed E-state index contributed by atoms with van der Waals surface area (Å²) in [5.74, 6) is 0. The van der Waals surface area contributed by atoms with Crippen molar-refractivity contribution in [2.24, 2.45) is 0 Å². The van der Waals surface area contributed by atoms with E-state index in [1.807, 2.05) is 0 Å². The molecule has 0 saturated carbocycles. The van der Waals surface area contributed by atoms with Gasteiger partial charge in [0.15, 0.2) is 6.29 Å². The molecule has 0 aromatic heterocycles. The van der Waals surface area contributed by atoms with Crippen LogP contribution in [0.4, 0.5) is 0 Å². The third-order valence-electron chi connectivity index (χ3n) is 2.47. The quantitative estimate of drug-likeness (QED) is 0.808. The lowest BCUT2D eigenvalue weighted by Crippen LogP contribution is -2.17. The lowest BCUT2D eigenvalue weighted by Gasteiger charge is -2.23. The Balaban J connectivity index is 2.04. The Morgan fingerprint density at radius 3 is 2.29 bits per heavy atom. The summed E-state index contributed by atoms with van der Waals surface area (Å²) in [6, 6.07) is 6.94. The third-order valence-corrected chi connectivity index (χ3v) is 3.24. The van der Waals surface area contributed by atoms with Crippen LogP contribution >= 0.6 is 7.60 Å². The Morgan fingerprint density at radius 1 is 1.18 bits per heavy atom. The van der Waals surface area contributed by atoms with Crippen molar-refractivity contribution in [2.75, 3.05) is 13.2 Å². The zero-order valence-electron chi connectivity index (χ0n) is 9.28. The molecule has 1 aliphatic rings. The molecule has 5 nitrogen and oxygen atoms in total. The van der Waals surface area contributed by atoms with Gasteiger partial charge in [0.2, 0.25) is 0 Å². The van der Waals surface area contributed by atoms with E-state index in [-0.39, 0.29) is 12.5 Å². The molecule has 6 heteroatoms. The lowest BCUT2D eigenvalue weighted by atomic mass is 10.1. The van der Waals surface area contributed by atoms with E-state index in [1.54, 1.807) is 24.3 Å². The number of rotatable bonds is 3. The molecule has 1 aromatic rings. The van der Waals surface area contributed by atoms with E-state index in [9.17, 15) is 4.57 Å². The van der Waals surface area contributed by atoms with Gasteiger partial charge >= 0.3 is 7.60 Å².